The first-order chi connectivity index (χ1) is 8.56. The first kappa shape index (κ1) is 12.6. The molecule has 2 atom stereocenters. The molecule has 1 aromatic carbocycles. The number of hydrogen-bond acceptors (Lipinski definition) is 3. The van der Waals surface area contributed by atoms with Crippen LogP contribution in [0.25, 0.3) is 0 Å². The van der Waals surface area contributed by atoms with Crippen LogP contribution in [-0.2, 0) is 9.53 Å². The fraction of sp³-hybridized carbons (Fsp3) is 0.385. The average Bonchev–Trinajstić information content (AvgIpc) is 2.76. The second-order valence-corrected chi connectivity index (χ2v) is 4.54. The Bertz CT molecular complexity index is 472. The van der Waals surface area contributed by atoms with Crippen LogP contribution < -0.4 is 5.32 Å². The molecule has 2 unspecified atom stereocenters. The molecule has 5 nitrogen and oxygen atoms in total. The first-order valence-corrected chi connectivity index (χ1v) is 5.82. The van der Waals surface area contributed by atoms with Crippen molar-refractivity contribution in [1.82, 2.24) is 0 Å². The number of rotatable bonds is 3. The molecule has 0 aromatic heterocycles. The second kappa shape index (κ2) is 5.18. The standard InChI is InChI=1S/C13H15NO4/c1-8-5-11(18-7-8)12(15)14-10-4-2-3-9(6-10)13(16)17/h2-4,6,8,11H,5,7H2,1H3,(H,14,15)(H,16,17). The zero-order valence-corrected chi connectivity index (χ0v) is 10.1. The predicted octanol–water partition coefficient (Wildman–Crippen LogP) is 1.75. The van der Waals surface area contributed by atoms with Gasteiger partial charge in [0.15, 0.2) is 0 Å². The second-order valence-electron chi connectivity index (χ2n) is 4.54. The minimum atomic E-state index is -1.02. The highest BCUT2D eigenvalue weighted by molar-refractivity contribution is 5.96. The van der Waals surface area contributed by atoms with Gasteiger partial charge in [-0.15, -0.1) is 0 Å². The highest BCUT2D eigenvalue weighted by atomic mass is 16.5. The summed E-state index contributed by atoms with van der Waals surface area (Å²) < 4.78 is 5.35. The lowest BCUT2D eigenvalue weighted by Gasteiger charge is -2.10. The Kier molecular flexibility index (Phi) is 3.62. The molecule has 5 heteroatoms. The quantitative estimate of drug-likeness (QED) is 0.855. The van der Waals surface area contributed by atoms with Crippen LogP contribution in [0.3, 0.4) is 0 Å². The van der Waals surface area contributed by atoms with Crippen molar-refractivity contribution in [1.29, 1.82) is 0 Å². The number of hydrogen-bond donors (Lipinski definition) is 2. The molecule has 1 aromatic rings. The van der Waals surface area contributed by atoms with Crippen molar-refractivity contribution in [2.75, 3.05) is 11.9 Å². The van der Waals surface area contributed by atoms with Gasteiger partial charge < -0.3 is 15.2 Å². The molecule has 96 valence electrons. The van der Waals surface area contributed by atoms with Crippen LogP contribution in [0.2, 0.25) is 0 Å². The SMILES string of the molecule is CC1COC(C(=O)Nc2cccc(C(=O)O)c2)C1. The number of benzene rings is 1. The van der Waals surface area contributed by atoms with Crippen LogP contribution in [0.1, 0.15) is 23.7 Å². The predicted molar refractivity (Wildman–Crippen MR) is 65.6 cm³/mol. The minimum absolute atomic E-state index is 0.147. The van der Waals surface area contributed by atoms with E-state index in [2.05, 4.69) is 5.32 Å². The Morgan fingerprint density at radius 3 is 2.83 bits per heavy atom. The van der Waals surface area contributed by atoms with E-state index in [-0.39, 0.29) is 11.5 Å². The number of anilines is 1. The summed E-state index contributed by atoms with van der Waals surface area (Å²) in [5.74, 6) is -0.857. The Hall–Kier alpha value is -1.88. The van der Waals surface area contributed by atoms with Crippen molar-refractivity contribution in [3.8, 4) is 0 Å². The molecule has 0 spiro atoms. The van der Waals surface area contributed by atoms with E-state index < -0.39 is 12.1 Å². The molecule has 0 bridgehead atoms. The molecule has 1 aliphatic rings. The summed E-state index contributed by atoms with van der Waals surface area (Å²) in [5.41, 5.74) is 0.622. The summed E-state index contributed by atoms with van der Waals surface area (Å²) in [6.45, 7) is 2.62. The van der Waals surface area contributed by atoms with E-state index in [1.165, 1.54) is 12.1 Å². The Morgan fingerprint density at radius 1 is 1.44 bits per heavy atom. The van der Waals surface area contributed by atoms with E-state index in [1.807, 2.05) is 6.92 Å². The van der Waals surface area contributed by atoms with E-state index >= 15 is 0 Å². The monoisotopic (exact) mass is 249 g/mol. The highest BCUT2D eigenvalue weighted by Gasteiger charge is 2.28. The third-order valence-corrected chi connectivity index (χ3v) is 2.87. The van der Waals surface area contributed by atoms with Crippen molar-refractivity contribution < 1.29 is 19.4 Å². The topological polar surface area (TPSA) is 75.6 Å². The summed E-state index contributed by atoms with van der Waals surface area (Å²) in [6, 6.07) is 6.16. The smallest absolute Gasteiger partial charge is 0.335 e. The lowest BCUT2D eigenvalue weighted by molar-refractivity contribution is -0.124. The summed E-state index contributed by atoms with van der Waals surface area (Å²) in [4.78, 5) is 22.7. The summed E-state index contributed by atoms with van der Waals surface area (Å²) in [6.07, 6.45) is 0.262. The molecule has 0 aliphatic carbocycles. The lowest BCUT2D eigenvalue weighted by atomic mass is 10.1. The van der Waals surface area contributed by atoms with Crippen LogP contribution in [0, 0.1) is 5.92 Å². The highest BCUT2D eigenvalue weighted by Crippen LogP contribution is 2.20. The maximum absolute atomic E-state index is 11.9. The average molecular weight is 249 g/mol. The number of aromatic carboxylic acids is 1. The number of amides is 1. The zero-order valence-electron chi connectivity index (χ0n) is 10.1. The molecule has 18 heavy (non-hydrogen) atoms. The minimum Gasteiger partial charge on any atom is -0.478 e. The molecular formula is C13H15NO4. The zero-order chi connectivity index (χ0) is 13.1. The molecule has 1 saturated heterocycles. The Labute approximate surface area is 105 Å². The van der Waals surface area contributed by atoms with Crippen LogP contribution in [0.5, 0.6) is 0 Å². The molecule has 2 N–H and O–H groups in total. The number of carboxylic acids is 1. The molecule has 1 heterocycles. The van der Waals surface area contributed by atoms with Gasteiger partial charge in [-0.3, -0.25) is 4.79 Å². The van der Waals surface area contributed by atoms with Gasteiger partial charge in [0.2, 0.25) is 0 Å². The van der Waals surface area contributed by atoms with Crippen LogP contribution in [0.4, 0.5) is 5.69 Å². The number of ether oxygens (including phenoxy) is 1. The van der Waals surface area contributed by atoms with Crippen molar-refractivity contribution >= 4 is 17.6 Å². The maximum atomic E-state index is 11.9. The largest absolute Gasteiger partial charge is 0.478 e. The molecule has 1 amide bonds. The van der Waals surface area contributed by atoms with Crippen LogP contribution in [0.15, 0.2) is 24.3 Å². The molecular weight excluding hydrogens is 234 g/mol. The normalized spacial score (nSPS) is 22.7. The van der Waals surface area contributed by atoms with Gasteiger partial charge >= 0.3 is 5.97 Å². The molecule has 1 aliphatic heterocycles. The fourth-order valence-corrected chi connectivity index (χ4v) is 1.92. The van der Waals surface area contributed by atoms with Gasteiger partial charge in [0.05, 0.1) is 12.2 Å². The Balaban J connectivity index is 2.03. The van der Waals surface area contributed by atoms with Gasteiger partial charge in [-0.05, 0) is 30.5 Å². The Morgan fingerprint density at radius 2 is 2.22 bits per heavy atom. The molecule has 0 radical (unpaired) electrons. The number of nitrogens with one attached hydrogen (secondary N) is 1. The van der Waals surface area contributed by atoms with Crippen molar-refractivity contribution in [3.63, 3.8) is 0 Å². The van der Waals surface area contributed by atoms with Crippen LogP contribution in [-0.4, -0.2) is 29.7 Å². The van der Waals surface area contributed by atoms with E-state index in [4.69, 9.17) is 9.84 Å². The van der Waals surface area contributed by atoms with E-state index in [9.17, 15) is 9.59 Å². The third kappa shape index (κ3) is 2.87. The maximum Gasteiger partial charge on any atom is 0.335 e. The van der Waals surface area contributed by atoms with Gasteiger partial charge in [-0.25, -0.2) is 4.79 Å². The molecule has 2 rings (SSSR count). The van der Waals surface area contributed by atoms with Gasteiger partial charge in [-0.2, -0.15) is 0 Å². The van der Waals surface area contributed by atoms with Crippen molar-refractivity contribution in [2.45, 2.75) is 19.4 Å². The van der Waals surface area contributed by atoms with E-state index in [1.54, 1.807) is 12.1 Å². The number of carboxylic acid groups (broad SMARTS) is 1. The van der Waals surface area contributed by atoms with Crippen LogP contribution >= 0.6 is 0 Å². The van der Waals surface area contributed by atoms with Gasteiger partial charge in [0.1, 0.15) is 6.10 Å². The fourth-order valence-electron chi connectivity index (χ4n) is 1.92. The summed E-state index contributed by atoms with van der Waals surface area (Å²) >= 11 is 0. The van der Waals surface area contributed by atoms with Gasteiger partial charge in [-0.1, -0.05) is 13.0 Å². The van der Waals surface area contributed by atoms with E-state index in [0.717, 1.165) is 0 Å². The lowest BCUT2D eigenvalue weighted by Crippen LogP contribution is -2.27. The van der Waals surface area contributed by atoms with Gasteiger partial charge in [0.25, 0.3) is 5.91 Å². The summed E-state index contributed by atoms with van der Waals surface area (Å²) in [5, 5.41) is 11.5. The first-order valence-electron chi connectivity index (χ1n) is 5.82. The summed E-state index contributed by atoms with van der Waals surface area (Å²) in [7, 11) is 0. The third-order valence-electron chi connectivity index (χ3n) is 2.87. The molecule has 0 saturated carbocycles. The van der Waals surface area contributed by atoms with E-state index in [0.29, 0.717) is 24.6 Å². The van der Waals surface area contributed by atoms with Crippen molar-refractivity contribution in [2.24, 2.45) is 5.92 Å². The van der Waals surface area contributed by atoms with Gasteiger partial charge in [0, 0.05) is 5.69 Å². The van der Waals surface area contributed by atoms with Crippen molar-refractivity contribution in [3.05, 3.63) is 29.8 Å². The molecule has 1 fully saturated rings. The number of carbonyl (C=O) groups excluding carboxylic acids is 1. The number of carbonyl (C=O) groups is 2.